The molecule has 2 N–H and O–H groups in total. The fourth-order valence-corrected chi connectivity index (χ4v) is 2.06. The van der Waals surface area contributed by atoms with Crippen molar-refractivity contribution >= 4 is 0 Å². The Balaban J connectivity index is 3.42. The van der Waals surface area contributed by atoms with Crippen LogP contribution in [0.15, 0.2) is 35.8 Å². The summed E-state index contributed by atoms with van der Waals surface area (Å²) < 4.78 is 0. The monoisotopic (exact) mass is 280 g/mol. The third-order valence-corrected chi connectivity index (χ3v) is 3.35. The van der Waals surface area contributed by atoms with Crippen LogP contribution in [-0.4, -0.2) is 10.2 Å². The summed E-state index contributed by atoms with van der Waals surface area (Å²) in [7, 11) is 0. The number of aliphatic hydroxyl groups excluding tert-OH is 2. The van der Waals surface area contributed by atoms with E-state index in [0.29, 0.717) is 0 Å². The Morgan fingerprint density at radius 3 is 1.90 bits per heavy atom. The Morgan fingerprint density at radius 2 is 1.35 bits per heavy atom. The van der Waals surface area contributed by atoms with E-state index in [1.165, 1.54) is 63.9 Å². The Kier molecular flexibility index (Phi) is 13.4. The van der Waals surface area contributed by atoms with E-state index < -0.39 is 0 Å². The van der Waals surface area contributed by atoms with E-state index in [-0.39, 0.29) is 11.5 Å². The molecule has 0 fully saturated rings. The minimum absolute atomic E-state index is 0.0928. The molecule has 2 nitrogen and oxygen atoms in total. The van der Waals surface area contributed by atoms with Gasteiger partial charge in [0.25, 0.3) is 0 Å². The number of allylic oxidation sites excluding steroid dienone is 4. The molecule has 0 rings (SSSR count). The Bertz CT molecular complexity index is 301. The molecule has 116 valence electrons. The van der Waals surface area contributed by atoms with Crippen LogP contribution in [0.2, 0.25) is 0 Å². The molecule has 20 heavy (non-hydrogen) atoms. The maximum atomic E-state index is 9.47. The number of hydrogen-bond donors (Lipinski definition) is 2. The highest BCUT2D eigenvalue weighted by atomic mass is 16.3. The highest BCUT2D eigenvalue weighted by molar-refractivity contribution is 5.20. The van der Waals surface area contributed by atoms with Crippen molar-refractivity contribution < 1.29 is 10.2 Å². The van der Waals surface area contributed by atoms with Crippen LogP contribution < -0.4 is 0 Å². The Hall–Kier alpha value is -1.18. The average molecular weight is 280 g/mol. The summed E-state index contributed by atoms with van der Waals surface area (Å²) in [5.74, 6) is 0.201. The molecule has 0 aliphatic carbocycles. The number of rotatable bonds is 12. The second-order valence-electron chi connectivity index (χ2n) is 5.30. The lowest BCUT2D eigenvalue weighted by atomic mass is 10.1. The smallest absolute Gasteiger partial charge is 0.118 e. The molecule has 0 saturated heterocycles. The standard InChI is InChI=1S/C18H32O2/c1-3-5-6-7-8-9-10-11-12-13-14-15-18(20)16-17(19)4-2/h4,14-16,19-20H,3,5-13H2,1-2H3. The largest absolute Gasteiger partial charge is 0.508 e. The molecule has 0 amide bonds. The molecule has 2 heteroatoms. The summed E-state index contributed by atoms with van der Waals surface area (Å²) in [4.78, 5) is 0. The van der Waals surface area contributed by atoms with Crippen molar-refractivity contribution in [3.63, 3.8) is 0 Å². The quantitative estimate of drug-likeness (QED) is 0.248. The van der Waals surface area contributed by atoms with E-state index in [1.54, 1.807) is 19.1 Å². The summed E-state index contributed by atoms with van der Waals surface area (Å²) in [6.45, 7) is 3.98. The van der Waals surface area contributed by atoms with E-state index in [9.17, 15) is 10.2 Å². The van der Waals surface area contributed by atoms with Gasteiger partial charge in [0, 0.05) is 6.08 Å². The van der Waals surface area contributed by atoms with Gasteiger partial charge in [-0.25, -0.2) is 0 Å². The van der Waals surface area contributed by atoms with Crippen LogP contribution in [0.25, 0.3) is 0 Å². The van der Waals surface area contributed by atoms with Gasteiger partial charge in [0.05, 0.1) is 0 Å². The molecule has 0 atom stereocenters. The summed E-state index contributed by atoms with van der Waals surface area (Å²) >= 11 is 0. The van der Waals surface area contributed by atoms with Gasteiger partial charge in [-0.1, -0.05) is 64.4 Å². The summed E-state index contributed by atoms with van der Waals surface area (Å²) in [6.07, 6.45) is 19.5. The van der Waals surface area contributed by atoms with Crippen LogP contribution in [-0.2, 0) is 0 Å². The van der Waals surface area contributed by atoms with E-state index in [4.69, 9.17) is 0 Å². The lowest BCUT2D eigenvalue weighted by Crippen LogP contribution is -1.81. The number of hydrogen-bond acceptors (Lipinski definition) is 2. The molecule has 0 saturated carbocycles. The first kappa shape index (κ1) is 18.8. The van der Waals surface area contributed by atoms with Gasteiger partial charge in [-0.2, -0.15) is 0 Å². The van der Waals surface area contributed by atoms with E-state index in [2.05, 4.69) is 6.92 Å². The SMILES string of the molecule is CC=C(O)C=C(O)C=CCCCCCCCCCCC. The fraction of sp³-hybridized carbons (Fsp3) is 0.667. The Labute approximate surface area is 124 Å². The second kappa shape index (κ2) is 14.2. The van der Waals surface area contributed by atoms with Crippen molar-refractivity contribution in [3.8, 4) is 0 Å². The first-order chi connectivity index (χ1) is 9.70. The van der Waals surface area contributed by atoms with Crippen molar-refractivity contribution in [2.75, 3.05) is 0 Å². The molecule has 0 unspecified atom stereocenters. The highest BCUT2D eigenvalue weighted by Gasteiger charge is 1.92. The maximum absolute atomic E-state index is 9.47. The van der Waals surface area contributed by atoms with Crippen LogP contribution in [0, 0.1) is 0 Å². The predicted molar refractivity (Wildman–Crippen MR) is 88.1 cm³/mol. The molecule has 0 aromatic rings. The van der Waals surface area contributed by atoms with Crippen LogP contribution in [0.4, 0.5) is 0 Å². The fourth-order valence-electron chi connectivity index (χ4n) is 2.06. The van der Waals surface area contributed by atoms with Gasteiger partial charge < -0.3 is 10.2 Å². The van der Waals surface area contributed by atoms with Crippen LogP contribution in [0.1, 0.15) is 78.1 Å². The van der Waals surface area contributed by atoms with Gasteiger partial charge in [-0.3, -0.25) is 0 Å². The molecular weight excluding hydrogens is 248 g/mol. The number of aliphatic hydroxyl groups is 2. The molecule has 0 radical (unpaired) electrons. The predicted octanol–water partition coefficient (Wildman–Crippen LogP) is 6.37. The van der Waals surface area contributed by atoms with Gasteiger partial charge in [-0.15, -0.1) is 0 Å². The van der Waals surface area contributed by atoms with Crippen molar-refractivity contribution in [2.45, 2.75) is 78.1 Å². The molecule has 0 bridgehead atoms. The van der Waals surface area contributed by atoms with Gasteiger partial charge in [0.1, 0.15) is 11.5 Å². The Morgan fingerprint density at radius 1 is 0.800 bits per heavy atom. The lowest BCUT2D eigenvalue weighted by Gasteiger charge is -2.00. The van der Waals surface area contributed by atoms with Gasteiger partial charge in [-0.05, 0) is 31.9 Å². The first-order valence-electron chi connectivity index (χ1n) is 8.13. The van der Waals surface area contributed by atoms with E-state index in [1.807, 2.05) is 6.08 Å². The molecule has 0 heterocycles. The van der Waals surface area contributed by atoms with Crippen molar-refractivity contribution in [1.82, 2.24) is 0 Å². The minimum Gasteiger partial charge on any atom is -0.508 e. The molecule has 0 aromatic heterocycles. The first-order valence-corrected chi connectivity index (χ1v) is 8.13. The number of unbranched alkanes of at least 4 members (excludes halogenated alkanes) is 9. The maximum Gasteiger partial charge on any atom is 0.118 e. The van der Waals surface area contributed by atoms with Crippen molar-refractivity contribution in [3.05, 3.63) is 35.8 Å². The normalized spacial score (nSPS) is 13.3. The van der Waals surface area contributed by atoms with Crippen molar-refractivity contribution in [2.24, 2.45) is 0 Å². The zero-order chi connectivity index (χ0) is 15.1. The highest BCUT2D eigenvalue weighted by Crippen LogP contribution is 2.11. The van der Waals surface area contributed by atoms with E-state index in [0.717, 1.165) is 6.42 Å². The second-order valence-corrected chi connectivity index (χ2v) is 5.30. The van der Waals surface area contributed by atoms with Gasteiger partial charge in [0.2, 0.25) is 0 Å². The third-order valence-electron chi connectivity index (χ3n) is 3.35. The summed E-state index contributed by atoms with van der Waals surface area (Å²) in [6, 6.07) is 0. The van der Waals surface area contributed by atoms with Crippen molar-refractivity contribution in [1.29, 1.82) is 0 Å². The third kappa shape index (κ3) is 13.3. The van der Waals surface area contributed by atoms with Gasteiger partial charge >= 0.3 is 0 Å². The molecule has 0 aliphatic heterocycles. The molecule has 0 aromatic carbocycles. The summed E-state index contributed by atoms with van der Waals surface area (Å²) in [5, 5.41) is 18.7. The molecular formula is C18H32O2. The van der Waals surface area contributed by atoms with Crippen LogP contribution >= 0.6 is 0 Å². The molecule has 0 spiro atoms. The topological polar surface area (TPSA) is 40.5 Å². The minimum atomic E-state index is 0.0928. The zero-order valence-electron chi connectivity index (χ0n) is 13.3. The van der Waals surface area contributed by atoms with Gasteiger partial charge in [0.15, 0.2) is 0 Å². The van der Waals surface area contributed by atoms with E-state index >= 15 is 0 Å². The average Bonchev–Trinajstić information content (AvgIpc) is 2.44. The van der Waals surface area contributed by atoms with Crippen LogP contribution in [0.3, 0.4) is 0 Å². The molecule has 0 aliphatic rings. The summed E-state index contributed by atoms with van der Waals surface area (Å²) in [5.41, 5.74) is 0. The lowest BCUT2D eigenvalue weighted by molar-refractivity contribution is 0.404. The zero-order valence-corrected chi connectivity index (χ0v) is 13.3. The van der Waals surface area contributed by atoms with Crippen LogP contribution in [0.5, 0.6) is 0 Å².